The summed E-state index contributed by atoms with van der Waals surface area (Å²) in [5.41, 5.74) is 2.37. The van der Waals surface area contributed by atoms with Gasteiger partial charge in [0.2, 0.25) is 0 Å². The fraction of sp³-hybridized carbons (Fsp3) is 0.450. The largest absolute Gasteiger partial charge is 0.481 e. The number of aliphatic carboxylic acids is 1. The lowest BCUT2D eigenvalue weighted by molar-refractivity contribution is -0.141. The molecule has 1 atom stereocenters. The van der Waals surface area contributed by atoms with Crippen molar-refractivity contribution in [3.8, 4) is 10.6 Å². The summed E-state index contributed by atoms with van der Waals surface area (Å²) in [6.45, 7) is 7.25. The number of aryl methyl sites for hydroxylation is 1. The van der Waals surface area contributed by atoms with E-state index in [2.05, 4.69) is 4.98 Å². The summed E-state index contributed by atoms with van der Waals surface area (Å²) in [7, 11) is 0. The molecule has 7 heteroatoms. The predicted octanol–water partition coefficient (Wildman–Crippen LogP) is 3.71. The molecular formula is C20H26N2O4S. The third-order valence-corrected chi connectivity index (χ3v) is 5.11. The monoisotopic (exact) mass is 390 g/mol. The number of carboxylic acids is 1. The van der Waals surface area contributed by atoms with Gasteiger partial charge in [-0.3, -0.25) is 9.59 Å². The van der Waals surface area contributed by atoms with Crippen LogP contribution in [0.4, 0.5) is 0 Å². The first-order valence-electron chi connectivity index (χ1n) is 9.04. The molecule has 1 unspecified atom stereocenters. The van der Waals surface area contributed by atoms with Crippen LogP contribution in [-0.2, 0) is 9.53 Å². The molecule has 0 spiro atoms. The predicted molar refractivity (Wildman–Crippen MR) is 106 cm³/mol. The molecule has 27 heavy (non-hydrogen) atoms. The number of hydrogen-bond acceptors (Lipinski definition) is 5. The van der Waals surface area contributed by atoms with E-state index in [4.69, 9.17) is 4.74 Å². The summed E-state index contributed by atoms with van der Waals surface area (Å²) in [6, 6.07) is 7.33. The van der Waals surface area contributed by atoms with Crippen molar-refractivity contribution in [1.29, 1.82) is 0 Å². The molecule has 0 aliphatic rings. The standard InChI is InChI=1S/C20H26N2O4S/c1-4-26-10-6-9-22(12-14(2)20(24)25)19(23)17-8-5-7-16(11-17)18-21-15(3)13-27-18/h5,7-8,11,13-14H,4,6,9-10,12H2,1-3H3,(H,24,25). The van der Waals surface area contributed by atoms with E-state index in [9.17, 15) is 14.7 Å². The summed E-state index contributed by atoms with van der Waals surface area (Å²) in [5, 5.41) is 12.1. The topological polar surface area (TPSA) is 79.7 Å². The van der Waals surface area contributed by atoms with Crippen LogP contribution in [0, 0.1) is 12.8 Å². The highest BCUT2D eigenvalue weighted by Gasteiger charge is 2.22. The van der Waals surface area contributed by atoms with Crippen molar-refractivity contribution in [1.82, 2.24) is 9.88 Å². The average molecular weight is 391 g/mol. The molecule has 0 radical (unpaired) electrons. The van der Waals surface area contributed by atoms with E-state index in [1.165, 1.54) is 11.3 Å². The maximum absolute atomic E-state index is 13.0. The number of thiazole rings is 1. The molecule has 0 saturated carbocycles. The van der Waals surface area contributed by atoms with Gasteiger partial charge in [-0.1, -0.05) is 19.1 Å². The van der Waals surface area contributed by atoms with E-state index in [1.54, 1.807) is 17.9 Å². The van der Waals surface area contributed by atoms with Gasteiger partial charge in [-0.25, -0.2) is 4.98 Å². The van der Waals surface area contributed by atoms with Crippen molar-refractivity contribution in [2.24, 2.45) is 5.92 Å². The Bertz CT molecular complexity index is 775. The molecule has 1 heterocycles. The highest BCUT2D eigenvalue weighted by Crippen LogP contribution is 2.25. The molecule has 0 bridgehead atoms. The van der Waals surface area contributed by atoms with Gasteiger partial charge >= 0.3 is 5.97 Å². The van der Waals surface area contributed by atoms with Crippen LogP contribution in [0.15, 0.2) is 29.6 Å². The Kier molecular flexibility index (Phi) is 7.94. The number of carbonyl (C=O) groups excluding carboxylic acids is 1. The van der Waals surface area contributed by atoms with Crippen molar-refractivity contribution in [3.63, 3.8) is 0 Å². The molecule has 2 rings (SSSR count). The van der Waals surface area contributed by atoms with E-state index in [0.29, 0.717) is 31.7 Å². The fourth-order valence-corrected chi connectivity index (χ4v) is 3.44. The van der Waals surface area contributed by atoms with Crippen LogP contribution in [0.5, 0.6) is 0 Å². The first kappa shape index (κ1) is 21.1. The summed E-state index contributed by atoms with van der Waals surface area (Å²) in [6.07, 6.45) is 0.664. The molecule has 0 fully saturated rings. The molecule has 1 aromatic heterocycles. The van der Waals surface area contributed by atoms with E-state index in [1.807, 2.05) is 37.4 Å². The summed E-state index contributed by atoms with van der Waals surface area (Å²) >= 11 is 1.54. The minimum absolute atomic E-state index is 0.168. The molecule has 6 nitrogen and oxygen atoms in total. The lowest BCUT2D eigenvalue weighted by Crippen LogP contribution is -2.38. The summed E-state index contributed by atoms with van der Waals surface area (Å²) in [5.74, 6) is -1.72. The Labute approximate surface area is 163 Å². The maximum atomic E-state index is 13.0. The van der Waals surface area contributed by atoms with Gasteiger partial charge in [0.25, 0.3) is 5.91 Å². The highest BCUT2D eigenvalue weighted by molar-refractivity contribution is 7.13. The van der Waals surface area contributed by atoms with Crippen molar-refractivity contribution in [3.05, 3.63) is 40.9 Å². The number of benzene rings is 1. The number of hydrogen-bond donors (Lipinski definition) is 1. The number of carboxylic acid groups (broad SMARTS) is 1. The number of ether oxygens (including phenoxy) is 1. The lowest BCUT2D eigenvalue weighted by Gasteiger charge is -2.25. The number of nitrogens with zero attached hydrogens (tertiary/aromatic N) is 2. The molecule has 1 amide bonds. The van der Waals surface area contributed by atoms with Crippen LogP contribution >= 0.6 is 11.3 Å². The second kappa shape index (κ2) is 10.2. The van der Waals surface area contributed by atoms with Crippen LogP contribution in [0.3, 0.4) is 0 Å². The van der Waals surface area contributed by atoms with Gasteiger partial charge in [-0.05, 0) is 32.4 Å². The molecule has 1 aromatic carbocycles. The Morgan fingerprint density at radius 2 is 2.15 bits per heavy atom. The van der Waals surface area contributed by atoms with Gasteiger partial charge in [-0.2, -0.15) is 0 Å². The van der Waals surface area contributed by atoms with E-state index in [0.717, 1.165) is 16.3 Å². The third-order valence-electron chi connectivity index (χ3n) is 4.10. The molecule has 0 aliphatic carbocycles. The zero-order valence-electron chi connectivity index (χ0n) is 16.0. The molecule has 146 valence electrons. The van der Waals surface area contributed by atoms with Gasteiger partial charge in [0.1, 0.15) is 5.01 Å². The normalized spacial score (nSPS) is 12.0. The van der Waals surface area contributed by atoms with Gasteiger partial charge in [0, 0.05) is 48.5 Å². The first-order valence-corrected chi connectivity index (χ1v) is 9.92. The first-order chi connectivity index (χ1) is 12.9. The quantitative estimate of drug-likeness (QED) is 0.626. The summed E-state index contributed by atoms with van der Waals surface area (Å²) < 4.78 is 5.34. The van der Waals surface area contributed by atoms with Crippen molar-refractivity contribution in [2.75, 3.05) is 26.3 Å². The molecule has 0 saturated heterocycles. The van der Waals surface area contributed by atoms with Gasteiger partial charge in [-0.15, -0.1) is 11.3 Å². The van der Waals surface area contributed by atoms with Crippen molar-refractivity contribution >= 4 is 23.2 Å². The zero-order chi connectivity index (χ0) is 19.8. The third kappa shape index (κ3) is 6.15. The van der Waals surface area contributed by atoms with Crippen molar-refractivity contribution < 1.29 is 19.4 Å². The lowest BCUT2D eigenvalue weighted by atomic mass is 10.1. The fourth-order valence-electron chi connectivity index (χ4n) is 2.64. The number of amides is 1. The highest BCUT2D eigenvalue weighted by atomic mass is 32.1. The van der Waals surface area contributed by atoms with Crippen LogP contribution in [0.25, 0.3) is 10.6 Å². The van der Waals surface area contributed by atoms with Gasteiger partial charge in [0.15, 0.2) is 0 Å². The van der Waals surface area contributed by atoms with Crippen LogP contribution in [-0.4, -0.2) is 53.2 Å². The molecular weight excluding hydrogens is 364 g/mol. The molecule has 0 aliphatic heterocycles. The Morgan fingerprint density at radius 3 is 2.78 bits per heavy atom. The maximum Gasteiger partial charge on any atom is 0.308 e. The number of rotatable bonds is 10. The minimum Gasteiger partial charge on any atom is -0.481 e. The average Bonchev–Trinajstić information content (AvgIpc) is 3.10. The Morgan fingerprint density at radius 1 is 1.37 bits per heavy atom. The smallest absolute Gasteiger partial charge is 0.308 e. The zero-order valence-corrected chi connectivity index (χ0v) is 16.8. The molecule has 1 N–H and O–H groups in total. The Balaban J connectivity index is 2.18. The van der Waals surface area contributed by atoms with Gasteiger partial charge < -0.3 is 14.7 Å². The van der Waals surface area contributed by atoms with E-state index >= 15 is 0 Å². The second-order valence-corrected chi connectivity index (χ2v) is 7.27. The van der Waals surface area contributed by atoms with E-state index in [-0.39, 0.29) is 12.5 Å². The van der Waals surface area contributed by atoms with Gasteiger partial charge in [0.05, 0.1) is 5.92 Å². The minimum atomic E-state index is -0.912. The number of aromatic nitrogens is 1. The SMILES string of the molecule is CCOCCCN(CC(C)C(=O)O)C(=O)c1cccc(-c2nc(C)cs2)c1. The molecule has 2 aromatic rings. The van der Waals surface area contributed by atoms with E-state index < -0.39 is 11.9 Å². The van der Waals surface area contributed by atoms with Crippen LogP contribution in [0.2, 0.25) is 0 Å². The Hall–Kier alpha value is -2.25. The van der Waals surface area contributed by atoms with Crippen molar-refractivity contribution in [2.45, 2.75) is 27.2 Å². The van der Waals surface area contributed by atoms with Crippen LogP contribution < -0.4 is 0 Å². The number of carbonyl (C=O) groups is 2. The second-order valence-electron chi connectivity index (χ2n) is 6.42. The summed E-state index contributed by atoms with van der Waals surface area (Å²) in [4.78, 5) is 30.3. The van der Waals surface area contributed by atoms with Crippen LogP contribution in [0.1, 0.15) is 36.3 Å².